The van der Waals surface area contributed by atoms with Crippen molar-refractivity contribution in [3.05, 3.63) is 46.3 Å². The van der Waals surface area contributed by atoms with Gasteiger partial charge in [-0.1, -0.05) is 12.1 Å². The van der Waals surface area contributed by atoms with Crippen LogP contribution in [0.4, 0.5) is 0 Å². The number of benzene rings is 2. The first-order valence-electron chi connectivity index (χ1n) is 6.68. The molecule has 22 heavy (non-hydrogen) atoms. The molecule has 0 saturated carbocycles. The van der Waals surface area contributed by atoms with Crippen LogP contribution in [0.15, 0.2) is 39.5 Å². The normalized spacial score (nSPS) is 10.9. The summed E-state index contributed by atoms with van der Waals surface area (Å²) in [4.78, 5) is 23.7. The average Bonchev–Trinajstić information content (AvgIpc) is 2.53. The molecular weight excluding hydrogens is 284 g/mol. The first-order valence-corrected chi connectivity index (χ1v) is 6.68. The molecule has 0 aliphatic carbocycles. The van der Waals surface area contributed by atoms with E-state index in [0.29, 0.717) is 33.4 Å². The van der Waals surface area contributed by atoms with Gasteiger partial charge in [-0.15, -0.1) is 0 Å². The highest BCUT2D eigenvalue weighted by atomic mass is 16.5. The monoisotopic (exact) mass is 298 g/mol. The minimum Gasteiger partial charge on any atom is -0.493 e. The van der Waals surface area contributed by atoms with Crippen LogP contribution in [0.5, 0.6) is 11.5 Å². The molecule has 0 aliphatic rings. The summed E-state index contributed by atoms with van der Waals surface area (Å²) in [5, 5.41) is 1.80. The van der Waals surface area contributed by atoms with E-state index in [9.17, 15) is 9.59 Å². The third-order valence-electron chi connectivity index (χ3n) is 3.62. The lowest BCUT2D eigenvalue weighted by Crippen LogP contribution is -2.02. The lowest BCUT2D eigenvalue weighted by atomic mass is 10.0. The van der Waals surface area contributed by atoms with E-state index in [-0.39, 0.29) is 5.78 Å². The number of hydrogen-bond donors (Lipinski definition) is 0. The third kappa shape index (κ3) is 2.11. The number of ether oxygens (including phenoxy) is 2. The highest BCUT2D eigenvalue weighted by molar-refractivity contribution is 6.07. The maximum absolute atomic E-state index is 12.2. The Bertz CT molecular complexity index is 953. The topological polar surface area (TPSA) is 65.7 Å². The molecule has 2 aromatic carbocycles. The molecule has 0 unspecified atom stereocenters. The van der Waals surface area contributed by atoms with Gasteiger partial charge in [0, 0.05) is 22.4 Å². The number of ketones is 1. The van der Waals surface area contributed by atoms with Gasteiger partial charge >= 0.3 is 5.63 Å². The van der Waals surface area contributed by atoms with Gasteiger partial charge in [0.15, 0.2) is 17.3 Å². The molecule has 0 spiro atoms. The fourth-order valence-electron chi connectivity index (χ4n) is 2.48. The Morgan fingerprint density at radius 2 is 1.64 bits per heavy atom. The van der Waals surface area contributed by atoms with Gasteiger partial charge in [0.25, 0.3) is 0 Å². The summed E-state index contributed by atoms with van der Waals surface area (Å²) < 4.78 is 15.9. The van der Waals surface area contributed by atoms with Gasteiger partial charge < -0.3 is 13.9 Å². The summed E-state index contributed by atoms with van der Waals surface area (Å²) in [6.07, 6.45) is 0. The lowest BCUT2D eigenvalue weighted by Gasteiger charge is -2.10. The standard InChI is InChI=1S/C17H14O5/c1-9(18)10-4-5-11-12-7-15(20-2)16(21-3)8-14(12)22-17(19)13(11)6-10/h4-8H,1-3H3. The summed E-state index contributed by atoms with van der Waals surface area (Å²) in [6.45, 7) is 1.46. The van der Waals surface area contributed by atoms with Gasteiger partial charge in [-0.25, -0.2) is 4.79 Å². The van der Waals surface area contributed by atoms with Crippen LogP contribution in [-0.4, -0.2) is 20.0 Å². The molecule has 0 saturated heterocycles. The maximum atomic E-state index is 12.2. The molecule has 0 bridgehead atoms. The second-order valence-electron chi connectivity index (χ2n) is 4.91. The quantitative estimate of drug-likeness (QED) is 0.422. The van der Waals surface area contributed by atoms with E-state index >= 15 is 0 Å². The van der Waals surface area contributed by atoms with Gasteiger partial charge in [-0.3, -0.25) is 4.79 Å². The van der Waals surface area contributed by atoms with Crippen LogP contribution in [0.25, 0.3) is 21.7 Å². The Balaban J connectivity index is 2.44. The largest absolute Gasteiger partial charge is 0.493 e. The summed E-state index contributed by atoms with van der Waals surface area (Å²) in [6, 6.07) is 8.37. The number of carbonyl (C=O) groups excluding carboxylic acids is 1. The van der Waals surface area contributed by atoms with Crippen molar-refractivity contribution in [3.8, 4) is 11.5 Å². The van der Waals surface area contributed by atoms with Crippen LogP contribution in [0.3, 0.4) is 0 Å². The van der Waals surface area contributed by atoms with Crippen molar-refractivity contribution < 1.29 is 18.7 Å². The van der Waals surface area contributed by atoms with E-state index in [4.69, 9.17) is 13.9 Å². The number of methoxy groups -OCH3 is 2. The third-order valence-corrected chi connectivity index (χ3v) is 3.62. The van der Waals surface area contributed by atoms with Crippen LogP contribution in [0.1, 0.15) is 17.3 Å². The van der Waals surface area contributed by atoms with E-state index in [0.717, 1.165) is 5.39 Å². The second kappa shape index (κ2) is 5.18. The van der Waals surface area contributed by atoms with Crippen LogP contribution in [0, 0.1) is 0 Å². The molecule has 0 atom stereocenters. The number of carbonyl (C=O) groups is 1. The maximum Gasteiger partial charge on any atom is 0.344 e. The summed E-state index contributed by atoms with van der Waals surface area (Å²) in [7, 11) is 3.06. The molecule has 0 N–H and O–H groups in total. The van der Waals surface area contributed by atoms with Gasteiger partial charge in [-0.2, -0.15) is 0 Å². The molecule has 3 rings (SSSR count). The zero-order chi connectivity index (χ0) is 15.9. The van der Waals surface area contributed by atoms with Crippen molar-refractivity contribution >= 4 is 27.5 Å². The van der Waals surface area contributed by atoms with Gasteiger partial charge in [-0.05, 0) is 19.1 Å². The van der Waals surface area contributed by atoms with Gasteiger partial charge in [0.05, 0.1) is 19.6 Å². The van der Waals surface area contributed by atoms with E-state index < -0.39 is 5.63 Å². The van der Waals surface area contributed by atoms with Crippen LogP contribution >= 0.6 is 0 Å². The molecule has 5 heteroatoms. The molecular formula is C17H14O5. The molecule has 5 nitrogen and oxygen atoms in total. The number of fused-ring (bicyclic) bond motifs is 3. The SMILES string of the molecule is COc1cc2oc(=O)c3cc(C(C)=O)ccc3c2cc1OC. The molecule has 0 amide bonds. The molecule has 1 heterocycles. The molecule has 0 aliphatic heterocycles. The smallest absolute Gasteiger partial charge is 0.344 e. The summed E-state index contributed by atoms with van der Waals surface area (Å²) >= 11 is 0. The Kier molecular flexibility index (Phi) is 3.33. The van der Waals surface area contributed by atoms with Crippen LogP contribution < -0.4 is 15.1 Å². The number of rotatable bonds is 3. The molecule has 1 aromatic heterocycles. The summed E-state index contributed by atoms with van der Waals surface area (Å²) in [5.74, 6) is 0.923. The average molecular weight is 298 g/mol. The number of hydrogen-bond acceptors (Lipinski definition) is 5. The van der Waals surface area contributed by atoms with E-state index in [1.165, 1.54) is 14.0 Å². The molecule has 0 fully saturated rings. The van der Waals surface area contributed by atoms with Crippen molar-refractivity contribution in [2.75, 3.05) is 14.2 Å². The number of Topliss-reactive ketones (excluding diaryl/α,β-unsaturated/α-hetero) is 1. The fourth-order valence-corrected chi connectivity index (χ4v) is 2.48. The molecule has 112 valence electrons. The van der Waals surface area contributed by atoms with Crippen molar-refractivity contribution in [1.82, 2.24) is 0 Å². The van der Waals surface area contributed by atoms with Gasteiger partial charge in [0.1, 0.15) is 5.58 Å². The van der Waals surface area contributed by atoms with E-state index in [2.05, 4.69) is 0 Å². The van der Waals surface area contributed by atoms with Crippen molar-refractivity contribution in [3.63, 3.8) is 0 Å². The Hall–Kier alpha value is -2.82. The van der Waals surface area contributed by atoms with Crippen LogP contribution in [0.2, 0.25) is 0 Å². The molecule has 0 radical (unpaired) electrons. The van der Waals surface area contributed by atoms with Crippen molar-refractivity contribution in [2.45, 2.75) is 6.92 Å². The first kappa shape index (κ1) is 14.1. The minimum atomic E-state index is -0.488. The van der Waals surface area contributed by atoms with Gasteiger partial charge in [0.2, 0.25) is 0 Å². The van der Waals surface area contributed by atoms with Crippen LogP contribution in [-0.2, 0) is 0 Å². The Labute approximate surface area is 126 Å². The molecule has 3 aromatic rings. The van der Waals surface area contributed by atoms with E-state index in [1.54, 1.807) is 37.4 Å². The minimum absolute atomic E-state index is 0.103. The highest BCUT2D eigenvalue weighted by Gasteiger charge is 2.13. The Morgan fingerprint density at radius 1 is 0.955 bits per heavy atom. The summed E-state index contributed by atoms with van der Waals surface area (Å²) in [5.41, 5.74) is 0.392. The predicted octanol–water partition coefficient (Wildman–Crippen LogP) is 3.17. The zero-order valence-electron chi connectivity index (χ0n) is 12.4. The second-order valence-corrected chi connectivity index (χ2v) is 4.91. The predicted molar refractivity (Wildman–Crippen MR) is 83.1 cm³/mol. The van der Waals surface area contributed by atoms with Crippen molar-refractivity contribution in [2.24, 2.45) is 0 Å². The fraction of sp³-hybridized carbons (Fsp3) is 0.176. The first-order chi connectivity index (χ1) is 10.5. The lowest BCUT2D eigenvalue weighted by molar-refractivity contribution is 0.101. The van der Waals surface area contributed by atoms with Crippen molar-refractivity contribution in [1.29, 1.82) is 0 Å². The zero-order valence-corrected chi connectivity index (χ0v) is 12.4. The van der Waals surface area contributed by atoms with E-state index in [1.807, 2.05) is 0 Å². The highest BCUT2D eigenvalue weighted by Crippen LogP contribution is 2.34. The Morgan fingerprint density at radius 3 is 2.27 bits per heavy atom.